The minimum Gasteiger partial charge on any atom is -0.497 e. The van der Waals surface area contributed by atoms with E-state index in [-0.39, 0.29) is 17.9 Å². The number of hydrogen-bond donors (Lipinski definition) is 1. The summed E-state index contributed by atoms with van der Waals surface area (Å²) in [6.45, 7) is 2.99. The summed E-state index contributed by atoms with van der Waals surface area (Å²) in [5.74, 6) is 1.64. The van der Waals surface area contributed by atoms with Crippen molar-refractivity contribution in [2.75, 3.05) is 20.3 Å². The highest BCUT2D eigenvalue weighted by Gasteiger charge is 2.31. The minimum absolute atomic E-state index is 0.0598. The van der Waals surface area contributed by atoms with Crippen LogP contribution < -0.4 is 10.1 Å². The molecule has 1 aliphatic heterocycles. The van der Waals surface area contributed by atoms with Gasteiger partial charge in [-0.1, -0.05) is 5.16 Å². The summed E-state index contributed by atoms with van der Waals surface area (Å²) in [6, 6.07) is 9.53. The second kappa shape index (κ2) is 7.08. The molecule has 0 spiro atoms. The number of nitrogens with zero attached hydrogens (tertiary/aromatic N) is 2. The summed E-state index contributed by atoms with van der Waals surface area (Å²) in [7, 11) is 3.53. The van der Waals surface area contributed by atoms with Gasteiger partial charge in [0, 0.05) is 36.4 Å². The molecule has 1 saturated heterocycles. The fraction of sp³-hybridized carbons (Fsp3) is 0.400. The maximum atomic E-state index is 12.9. The van der Waals surface area contributed by atoms with Crippen molar-refractivity contribution in [3.63, 3.8) is 0 Å². The van der Waals surface area contributed by atoms with E-state index in [1.54, 1.807) is 7.11 Å². The van der Waals surface area contributed by atoms with E-state index in [2.05, 4.69) is 10.5 Å². The highest BCUT2D eigenvalue weighted by atomic mass is 16.5. The first-order valence-electron chi connectivity index (χ1n) is 8.99. The Morgan fingerprint density at radius 2 is 2.19 bits per heavy atom. The van der Waals surface area contributed by atoms with Gasteiger partial charge in [-0.2, -0.15) is 0 Å². The first-order valence-corrected chi connectivity index (χ1v) is 8.99. The molecule has 2 aromatic heterocycles. The van der Waals surface area contributed by atoms with E-state index in [0.29, 0.717) is 25.3 Å². The molecule has 1 aliphatic rings. The lowest BCUT2D eigenvalue weighted by molar-refractivity contribution is 0.0916. The average Bonchev–Trinajstić information content (AvgIpc) is 3.35. The summed E-state index contributed by atoms with van der Waals surface area (Å²) >= 11 is 0. The fourth-order valence-electron chi connectivity index (χ4n) is 3.64. The van der Waals surface area contributed by atoms with Crippen LogP contribution in [0.1, 0.15) is 21.9 Å². The van der Waals surface area contributed by atoms with Crippen LogP contribution in [-0.4, -0.2) is 42.0 Å². The van der Waals surface area contributed by atoms with Crippen molar-refractivity contribution in [3.8, 4) is 5.75 Å². The zero-order valence-corrected chi connectivity index (χ0v) is 15.7. The van der Waals surface area contributed by atoms with Gasteiger partial charge in [-0.15, -0.1) is 0 Å². The second-order valence-corrected chi connectivity index (χ2v) is 7.03. The monoisotopic (exact) mass is 369 g/mol. The number of aryl methyl sites for hydroxylation is 2. The van der Waals surface area contributed by atoms with Crippen molar-refractivity contribution in [2.24, 2.45) is 13.0 Å². The molecule has 4 rings (SSSR count). The molecule has 3 heterocycles. The number of benzene rings is 1. The van der Waals surface area contributed by atoms with Crippen molar-refractivity contribution in [1.82, 2.24) is 15.0 Å². The van der Waals surface area contributed by atoms with Crippen LogP contribution in [0, 0.1) is 12.8 Å². The molecule has 3 aromatic rings. The third-order valence-corrected chi connectivity index (χ3v) is 5.14. The number of carbonyl (C=O) groups is 1. The average molecular weight is 369 g/mol. The van der Waals surface area contributed by atoms with Crippen LogP contribution in [0.5, 0.6) is 5.75 Å². The predicted octanol–water partition coefficient (Wildman–Crippen LogP) is 2.47. The van der Waals surface area contributed by atoms with Crippen LogP contribution in [0.2, 0.25) is 0 Å². The lowest BCUT2D eigenvalue weighted by atomic mass is 9.98. The third-order valence-electron chi connectivity index (χ3n) is 5.14. The largest absolute Gasteiger partial charge is 0.497 e. The molecule has 7 heteroatoms. The van der Waals surface area contributed by atoms with Gasteiger partial charge in [-0.3, -0.25) is 4.79 Å². The predicted molar refractivity (Wildman–Crippen MR) is 100.0 cm³/mol. The lowest BCUT2D eigenvalue weighted by Gasteiger charge is -2.18. The second-order valence-electron chi connectivity index (χ2n) is 7.03. The van der Waals surface area contributed by atoms with Gasteiger partial charge in [-0.05, 0) is 31.2 Å². The lowest BCUT2D eigenvalue weighted by Crippen LogP contribution is -2.41. The zero-order chi connectivity index (χ0) is 19.0. The maximum Gasteiger partial charge on any atom is 0.268 e. The van der Waals surface area contributed by atoms with Crippen molar-refractivity contribution >= 4 is 16.8 Å². The van der Waals surface area contributed by atoms with Gasteiger partial charge in [0.15, 0.2) is 0 Å². The normalized spacial score (nSPS) is 19.5. The molecule has 1 aromatic carbocycles. The Hall–Kier alpha value is -2.80. The van der Waals surface area contributed by atoms with Crippen molar-refractivity contribution in [1.29, 1.82) is 0 Å². The summed E-state index contributed by atoms with van der Waals surface area (Å²) in [6.07, 6.45) is 0.693. The highest BCUT2D eigenvalue weighted by Crippen LogP contribution is 2.25. The molecule has 1 fully saturated rings. The number of ether oxygens (including phenoxy) is 2. The van der Waals surface area contributed by atoms with Crippen LogP contribution in [0.3, 0.4) is 0 Å². The van der Waals surface area contributed by atoms with Gasteiger partial charge in [0.2, 0.25) is 0 Å². The third kappa shape index (κ3) is 3.42. The van der Waals surface area contributed by atoms with E-state index in [9.17, 15) is 4.79 Å². The molecule has 0 saturated carbocycles. The van der Waals surface area contributed by atoms with Crippen molar-refractivity contribution < 1.29 is 18.8 Å². The van der Waals surface area contributed by atoms with E-state index in [4.69, 9.17) is 14.0 Å². The number of fused-ring (bicyclic) bond motifs is 1. The highest BCUT2D eigenvalue weighted by molar-refractivity contribution is 5.99. The van der Waals surface area contributed by atoms with E-state index in [0.717, 1.165) is 28.1 Å². The maximum absolute atomic E-state index is 12.9. The molecule has 27 heavy (non-hydrogen) atoms. The summed E-state index contributed by atoms with van der Waals surface area (Å²) < 4.78 is 18.1. The topological polar surface area (TPSA) is 78.5 Å². The molecule has 2 atom stereocenters. The van der Waals surface area contributed by atoms with Crippen LogP contribution >= 0.6 is 0 Å². The Morgan fingerprint density at radius 3 is 2.93 bits per heavy atom. The van der Waals surface area contributed by atoms with Crippen LogP contribution in [0.15, 0.2) is 34.9 Å². The molecular formula is C20H23N3O4. The summed E-state index contributed by atoms with van der Waals surface area (Å²) in [5.41, 5.74) is 2.45. The molecule has 1 N–H and O–H groups in total. The quantitative estimate of drug-likeness (QED) is 0.747. The molecule has 142 valence electrons. The van der Waals surface area contributed by atoms with E-state index >= 15 is 0 Å². The van der Waals surface area contributed by atoms with Crippen LogP contribution in [-0.2, 0) is 18.2 Å². The number of aromatic nitrogens is 2. The molecule has 0 aliphatic carbocycles. The van der Waals surface area contributed by atoms with Crippen molar-refractivity contribution in [2.45, 2.75) is 19.4 Å². The van der Waals surface area contributed by atoms with E-state index < -0.39 is 0 Å². The van der Waals surface area contributed by atoms with Gasteiger partial charge < -0.3 is 23.9 Å². The smallest absolute Gasteiger partial charge is 0.268 e. The number of hydrogen-bond acceptors (Lipinski definition) is 5. The number of nitrogens with one attached hydrogen (secondary N) is 1. The van der Waals surface area contributed by atoms with Gasteiger partial charge in [0.25, 0.3) is 5.91 Å². The Kier molecular flexibility index (Phi) is 4.61. The van der Waals surface area contributed by atoms with Gasteiger partial charge in [0.1, 0.15) is 17.2 Å². The van der Waals surface area contributed by atoms with Gasteiger partial charge >= 0.3 is 0 Å². The summed E-state index contributed by atoms with van der Waals surface area (Å²) in [5, 5.41) is 8.02. The molecule has 0 bridgehead atoms. The first kappa shape index (κ1) is 17.6. The Bertz CT molecular complexity index is 975. The van der Waals surface area contributed by atoms with E-state index in [1.807, 2.05) is 48.9 Å². The van der Waals surface area contributed by atoms with Crippen LogP contribution in [0.25, 0.3) is 10.9 Å². The van der Waals surface area contributed by atoms with Gasteiger partial charge in [0.05, 0.1) is 32.1 Å². The molecular weight excluding hydrogens is 346 g/mol. The molecule has 0 unspecified atom stereocenters. The number of rotatable bonds is 5. The van der Waals surface area contributed by atoms with Gasteiger partial charge in [-0.25, -0.2) is 0 Å². The SMILES string of the molecule is COc1ccc2c(c1)cc(C(=O)N[C@H]1COC[C@H]1Cc1cc(C)no1)n2C. The number of amides is 1. The minimum atomic E-state index is -0.109. The molecule has 1 amide bonds. The first-order chi connectivity index (χ1) is 13.0. The Morgan fingerprint density at radius 1 is 1.33 bits per heavy atom. The Labute approximate surface area is 157 Å². The Balaban J connectivity index is 1.51. The number of carbonyl (C=O) groups excluding carboxylic acids is 1. The standard InChI is InChI=1S/C20H23N3O4/c1-12-6-16(27-22-12)8-14-10-26-11-17(14)21-20(24)19-9-13-7-15(25-3)4-5-18(13)23(19)2/h4-7,9,14,17H,8,10-11H2,1-3H3,(H,21,24)/t14-,17+/m1/s1. The van der Waals surface area contributed by atoms with Crippen molar-refractivity contribution in [3.05, 3.63) is 47.5 Å². The number of methoxy groups -OCH3 is 1. The molecule has 0 radical (unpaired) electrons. The zero-order valence-electron chi connectivity index (χ0n) is 15.7. The van der Waals surface area contributed by atoms with E-state index in [1.165, 1.54) is 0 Å². The molecule has 7 nitrogen and oxygen atoms in total. The van der Waals surface area contributed by atoms with Crippen LogP contribution in [0.4, 0.5) is 0 Å². The fourth-order valence-corrected chi connectivity index (χ4v) is 3.64. The summed E-state index contributed by atoms with van der Waals surface area (Å²) in [4.78, 5) is 12.9.